The molecule has 20 heavy (non-hydrogen) atoms. The van der Waals surface area contributed by atoms with Crippen LogP contribution in [0.4, 0.5) is 5.82 Å². The van der Waals surface area contributed by atoms with Crippen LogP contribution in [0.1, 0.15) is 12.0 Å². The lowest BCUT2D eigenvalue weighted by Crippen LogP contribution is -2.49. The van der Waals surface area contributed by atoms with E-state index in [0.29, 0.717) is 13.0 Å². The molecule has 1 aromatic rings. The molecule has 0 atom stereocenters. The number of carbonyl (C=O) groups is 1. The number of nitrogens with zero attached hydrogens (tertiary/aromatic N) is 3. The van der Waals surface area contributed by atoms with Crippen LogP contribution in [0.5, 0.6) is 0 Å². The van der Waals surface area contributed by atoms with E-state index >= 15 is 0 Å². The molecule has 1 amide bonds. The summed E-state index contributed by atoms with van der Waals surface area (Å²) in [4.78, 5) is 20.5. The van der Waals surface area contributed by atoms with Gasteiger partial charge in [0.1, 0.15) is 5.82 Å². The monoisotopic (exact) mass is 341 g/mol. The maximum Gasteiger partial charge on any atom is 0.225 e. The lowest BCUT2D eigenvalue weighted by atomic mass is 10.2. The molecule has 0 spiro atoms. The Hall–Kier alpha value is -1.14. The number of methoxy groups -OCH3 is 1. The highest BCUT2D eigenvalue weighted by Crippen LogP contribution is 2.25. The Morgan fingerprint density at radius 3 is 2.70 bits per heavy atom. The number of piperazine rings is 1. The summed E-state index contributed by atoms with van der Waals surface area (Å²) in [5.74, 6) is 1.13. The molecule has 0 aliphatic carbocycles. The number of hydrogen-bond donors (Lipinski definition) is 0. The molecule has 0 saturated carbocycles. The summed E-state index contributed by atoms with van der Waals surface area (Å²) < 4.78 is 5.96. The van der Waals surface area contributed by atoms with E-state index in [0.717, 1.165) is 42.0 Å². The normalized spacial score (nSPS) is 15.6. The molecule has 0 radical (unpaired) electrons. The highest BCUT2D eigenvalue weighted by Gasteiger charge is 2.22. The first-order valence-corrected chi connectivity index (χ1v) is 7.55. The summed E-state index contributed by atoms with van der Waals surface area (Å²) in [5, 5.41) is 0. The Morgan fingerprint density at radius 1 is 1.40 bits per heavy atom. The average molecular weight is 342 g/mol. The number of aryl methyl sites for hydroxylation is 1. The van der Waals surface area contributed by atoms with Crippen LogP contribution in [0, 0.1) is 6.92 Å². The van der Waals surface area contributed by atoms with Crippen molar-refractivity contribution < 1.29 is 9.53 Å². The lowest BCUT2D eigenvalue weighted by molar-refractivity contribution is -0.132. The number of rotatable bonds is 4. The Morgan fingerprint density at radius 2 is 2.10 bits per heavy atom. The van der Waals surface area contributed by atoms with E-state index in [4.69, 9.17) is 4.74 Å². The zero-order chi connectivity index (χ0) is 14.5. The third-order valence-corrected chi connectivity index (χ3v) is 3.99. The summed E-state index contributed by atoms with van der Waals surface area (Å²) in [7, 11) is 1.62. The fourth-order valence-electron chi connectivity index (χ4n) is 2.27. The summed E-state index contributed by atoms with van der Waals surface area (Å²) in [6, 6.07) is 2.07. The van der Waals surface area contributed by atoms with Crippen molar-refractivity contribution in [2.24, 2.45) is 0 Å². The van der Waals surface area contributed by atoms with Gasteiger partial charge in [0.25, 0.3) is 0 Å². The standard InChI is InChI=1S/C14H20BrN3O2/c1-11-9-12(15)14(16-10-11)18-6-4-17(5-7-18)13(19)3-8-20-2/h9-10H,3-8H2,1-2H3. The fraction of sp³-hybridized carbons (Fsp3) is 0.571. The molecular weight excluding hydrogens is 322 g/mol. The zero-order valence-electron chi connectivity index (χ0n) is 11.9. The Kier molecular flexibility index (Phi) is 5.37. The number of aromatic nitrogens is 1. The Bertz CT molecular complexity index is 473. The third-order valence-electron chi connectivity index (χ3n) is 3.41. The third kappa shape index (κ3) is 3.70. The molecule has 1 aromatic heterocycles. The van der Waals surface area contributed by atoms with Crippen molar-refractivity contribution in [1.82, 2.24) is 9.88 Å². The van der Waals surface area contributed by atoms with E-state index in [-0.39, 0.29) is 5.91 Å². The molecule has 0 N–H and O–H groups in total. The summed E-state index contributed by atoms with van der Waals surface area (Å²) in [6.07, 6.45) is 2.33. The maximum absolute atomic E-state index is 11.9. The van der Waals surface area contributed by atoms with Gasteiger partial charge in [0, 0.05) is 39.5 Å². The quantitative estimate of drug-likeness (QED) is 0.838. The fourth-order valence-corrected chi connectivity index (χ4v) is 2.99. The Labute approximate surface area is 128 Å². The van der Waals surface area contributed by atoms with Crippen LogP contribution >= 0.6 is 15.9 Å². The largest absolute Gasteiger partial charge is 0.384 e. The van der Waals surface area contributed by atoms with E-state index in [9.17, 15) is 4.79 Å². The SMILES string of the molecule is COCCC(=O)N1CCN(c2ncc(C)cc2Br)CC1. The topological polar surface area (TPSA) is 45.7 Å². The number of anilines is 1. The first-order valence-electron chi connectivity index (χ1n) is 6.75. The number of amides is 1. The van der Waals surface area contributed by atoms with Crippen molar-refractivity contribution in [2.45, 2.75) is 13.3 Å². The molecule has 2 rings (SSSR count). The van der Waals surface area contributed by atoms with E-state index in [1.54, 1.807) is 7.11 Å². The second kappa shape index (κ2) is 7.04. The summed E-state index contributed by atoms with van der Waals surface area (Å²) in [5.41, 5.74) is 1.13. The van der Waals surface area contributed by atoms with Crippen molar-refractivity contribution >= 4 is 27.7 Å². The van der Waals surface area contributed by atoms with Crippen LogP contribution in [0.2, 0.25) is 0 Å². The van der Waals surface area contributed by atoms with Crippen molar-refractivity contribution in [3.8, 4) is 0 Å². The van der Waals surface area contributed by atoms with Crippen LogP contribution in [-0.2, 0) is 9.53 Å². The molecular formula is C14H20BrN3O2. The molecule has 0 unspecified atom stereocenters. The number of carbonyl (C=O) groups excluding carboxylic acids is 1. The molecule has 6 heteroatoms. The number of hydrogen-bond acceptors (Lipinski definition) is 4. The molecule has 5 nitrogen and oxygen atoms in total. The molecule has 0 aromatic carbocycles. The van der Waals surface area contributed by atoms with Gasteiger partial charge < -0.3 is 14.5 Å². The van der Waals surface area contributed by atoms with Crippen molar-refractivity contribution in [3.63, 3.8) is 0 Å². The minimum Gasteiger partial charge on any atom is -0.384 e. The van der Waals surface area contributed by atoms with Gasteiger partial charge >= 0.3 is 0 Å². The molecule has 1 aliphatic rings. The van der Waals surface area contributed by atoms with Gasteiger partial charge in [0.15, 0.2) is 0 Å². The average Bonchev–Trinajstić information content (AvgIpc) is 2.45. The highest BCUT2D eigenvalue weighted by molar-refractivity contribution is 9.10. The first-order chi connectivity index (χ1) is 9.61. The summed E-state index contributed by atoms with van der Waals surface area (Å²) in [6.45, 7) is 5.62. The predicted molar refractivity (Wildman–Crippen MR) is 82.0 cm³/mol. The number of pyridine rings is 1. The van der Waals surface area contributed by atoms with E-state index in [1.807, 2.05) is 18.0 Å². The van der Waals surface area contributed by atoms with Gasteiger partial charge in [-0.05, 0) is 34.5 Å². The van der Waals surface area contributed by atoms with Crippen molar-refractivity contribution in [3.05, 3.63) is 22.3 Å². The molecule has 1 fully saturated rings. The van der Waals surface area contributed by atoms with E-state index < -0.39 is 0 Å². The molecule has 1 saturated heterocycles. The van der Waals surface area contributed by atoms with Gasteiger partial charge in [-0.25, -0.2) is 4.98 Å². The maximum atomic E-state index is 11.9. The van der Waals surface area contributed by atoms with Gasteiger partial charge in [-0.3, -0.25) is 4.79 Å². The van der Waals surface area contributed by atoms with Crippen LogP contribution in [-0.4, -0.2) is 55.7 Å². The van der Waals surface area contributed by atoms with E-state index in [1.165, 1.54) is 0 Å². The number of halogens is 1. The van der Waals surface area contributed by atoms with E-state index in [2.05, 4.69) is 31.9 Å². The van der Waals surface area contributed by atoms with Gasteiger partial charge in [-0.2, -0.15) is 0 Å². The predicted octanol–water partition coefficient (Wildman–Crippen LogP) is 1.84. The number of ether oxygens (including phenoxy) is 1. The molecule has 110 valence electrons. The second-order valence-corrected chi connectivity index (χ2v) is 5.78. The zero-order valence-corrected chi connectivity index (χ0v) is 13.5. The summed E-state index contributed by atoms with van der Waals surface area (Å²) >= 11 is 3.56. The van der Waals surface area contributed by atoms with Crippen LogP contribution in [0.25, 0.3) is 0 Å². The van der Waals surface area contributed by atoms with Gasteiger partial charge in [-0.15, -0.1) is 0 Å². The molecule has 2 heterocycles. The van der Waals surface area contributed by atoms with Gasteiger partial charge in [-0.1, -0.05) is 0 Å². The van der Waals surface area contributed by atoms with Crippen molar-refractivity contribution in [2.75, 3.05) is 44.8 Å². The van der Waals surface area contributed by atoms with Crippen LogP contribution < -0.4 is 4.90 Å². The molecule has 0 bridgehead atoms. The minimum atomic E-state index is 0.169. The van der Waals surface area contributed by atoms with Crippen LogP contribution in [0.3, 0.4) is 0 Å². The minimum absolute atomic E-state index is 0.169. The van der Waals surface area contributed by atoms with Crippen LogP contribution in [0.15, 0.2) is 16.7 Å². The Balaban J connectivity index is 1.92. The highest BCUT2D eigenvalue weighted by atomic mass is 79.9. The molecule has 1 aliphatic heterocycles. The van der Waals surface area contributed by atoms with Crippen molar-refractivity contribution in [1.29, 1.82) is 0 Å². The smallest absolute Gasteiger partial charge is 0.225 e. The first kappa shape index (κ1) is 15.3. The van der Waals surface area contributed by atoms with Gasteiger partial charge in [0.2, 0.25) is 5.91 Å². The van der Waals surface area contributed by atoms with Gasteiger partial charge in [0.05, 0.1) is 17.5 Å². The lowest BCUT2D eigenvalue weighted by Gasteiger charge is -2.35. The second-order valence-electron chi connectivity index (χ2n) is 4.93.